The normalized spacial score (nSPS) is 15.2. The molecule has 100 valence electrons. The van der Waals surface area contributed by atoms with Crippen molar-refractivity contribution in [3.8, 4) is 0 Å². The summed E-state index contributed by atoms with van der Waals surface area (Å²) in [6.45, 7) is 11.9. The molecule has 0 rings (SSSR count). The van der Waals surface area contributed by atoms with Crippen LogP contribution in [0, 0.1) is 10.8 Å². The van der Waals surface area contributed by atoms with Crippen molar-refractivity contribution in [2.45, 2.75) is 60.3 Å². The van der Waals surface area contributed by atoms with Crippen LogP contribution < -0.4 is 0 Å². The molecule has 0 nitrogen and oxygen atoms in total. The maximum atomic E-state index is 2.44. The van der Waals surface area contributed by atoms with Crippen molar-refractivity contribution in [1.29, 1.82) is 0 Å². The topological polar surface area (TPSA) is 0 Å². The molecule has 0 saturated heterocycles. The molecule has 16 heavy (non-hydrogen) atoms. The van der Waals surface area contributed by atoms with Crippen LogP contribution in [0.3, 0.4) is 0 Å². The van der Waals surface area contributed by atoms with Gasteiger partial charge in [0.1, 0.15) is 0 Å². The van der Waals surface area contributed by atoms with E-state index in [-0.39, 0.29) is 10.0 Å². The van der Waals surface area contributed by atoms with E-state index in [1.165, 1.54) is 31.4 Å². The molecule has 0 aromatic rings. The predicted octanol–water partition coefficient (Wildman–Crippen LogP) is 5.31. The van der Waals surface area contributed by atoms with E-state index in [4.69, 9.17) is 0 Å². The summed E-state index contributed by atoms with van der Waals surface area (Å²) in [5.41, 5.74) is 1.07. The minimum atomic E-state index is -0.333. The zero-order valence-electron chi connectivity index (χ0n) is 12.9. The predicted molar refractivity (Wildman–Crippen MR) is 81.9 cm³/mol. The number of rotatable bonds is 6. The molecule has 0 aliphatic rings. The fourth-order valence-corrected chi connectivity index (χ4v) is 3.64. The minimum absolute atomic E-state index is 0.333. The quantitative estimate of drug-likeness (QED) is 0.595. The van der Waals surface area contributed by atoms with Gasteiger partial charge in [-0.15, -0.1) is 0 Å². The number of hydrogen-bond donors (Lipinski definition) is 0. The maximum absolute atomic E-state index is 2.44. The molecule has 0 atom stereocenters. The summed E-state index contributed by atoms with van der Waals surface area (Å²) in [5, 5.41) is 0. The molecule has 0 fully saturated rings. The third-order valence-electron chi connectivity index (χ3n) is 3.65. The summed E-state index contributed by atoms with van der Waals surface area (Å²) in [6.07, 6.45) is 12.8. The van der Waals surface area contributed by atoms with Crippen LogP contribution in [-0.2, 0) is 0 Å². The van der Waals surface area contributed by atoms with Gasteiger partial charge in [-0.1, -0.05) is 47.5 Å². The number of hydrogen-bond acceptors (Lipinski definition) is 0. The molecule has 0 heterocycles. The third-order valence-corrected chi connectivity index (χ3v) is 5.08. The van der Waals surface area contributed by atoms with Gasteiger partial charge in [-0.3, -0.25) is 0 Å². The molecule has 0 saturated carbocycles. The van der Waals surface area contributed by atoms with Crippen molar-refractivity contribution in [1.82, 2.24) is 0 Å². The van der Waals surface area contributed by atoms with Gasteiger partial charge in [0, 0.05) is 0 Å². The lowest BCUT2D eigenvalue weighted by Gasteiger charge is -2.40. The van der Waals surface area contributed by atoms with Gasteiger partial charge in [0.15, 0.2) is 0 Å². The van der Waals surface area contributed by atoms with Crippen molar-refractivity contribution in [3.63, 3.8) is 0 Å². The molecule has 0 spiro atoms. The highest BCUT2D eigenvalue weighted by atomic mass is 32.3. The Morgan fingerprint density at radius 1 is 0.875 bits per heavy atom. The van der Waals surface area contributed by atoms with Gasteiger partial charge in [-0.25, -0.2) is 10.0 Å². The third kappa shape index (κ3) is 6.83. The summed E-state index contributed by atoms with van der Waals surface area (Å²) in [4.78, 5) is 0. The Morgan fingerprint density at radius 3 is 1.56 bits per heavy atom. The monoisotopic (exact) mass is 246 g/mol. The van der Waals surface area contributed by atoms with Crippen LogP contribution in [0.2, 0.25) is 0 Å². The molecule has 0 amide bonds. The van der Waals surface area contributed by atoms with Gasteiger partial charge < -0.3 is 0 Å². The molecule has 0 aliphatic heterocycles. The van der Waals surface area contributed by atoms with E-state index < -0.39 is 0 Å². The Labute approximate surface area is 106 Å². The SMILES string of the molecule is CCC(CC)(CCS(C)(C)C)CC(C)(C)C. The van der Waals surface area contributed by atoms with Crippen molar-refractivity contribution >= 4 is 10.0 Å². The van der Waals surface area contributed by atoms with Gasteiger partial charge in [-0.05, 0) is 48.2 Å². The first-order valence-corrected chi connectivity index (χ1v) is 9.72. The molecule has 0 aliphatic carbocycles. The van der Waals surface area contributed by atoms with Gasteiger partial charge in [0.05, 0.1) is 0 Å². The first-order chi connectivity index (χ1) is 7.04. The first kappa shape index (κ1) is 16.4. The largest absolute Gasteiger partial charge is 0.250 e. The molecule has 0 radical (unpaired) electrons. The first-order valence-electron chi connectivity index (χ1n) is 6.70. The lowest BCUT2D eigenvalue weighted by atomic mass is 9.69. The van der Waals surface area contributed by atoms with E-state index in [0.29, 0.717) is 10.8 Å². The standard InChI is InChI=1S/C15H34S/c1-9-15(10-2,13-14(3,4)5)11-12-16(6,7)8/h9-13H2,1-8H3. The fourth-order valence-electron chi connectivity index (χ4n) is 2.59. The Hall–Kier alpha value is 0.350. The minimum Gasteiger partial charge on any atom is -0.250 e. The smallest absolute Gasteiger partial charge is 0.0230 e. The van der Waals surface area contributed by atoms with Gasteiger partial charge in [-0.2, -0.15) is 0 Å². The second-order valence-electron chi connectivity index (χ2n) is 7.49. The van der Waals surface area contributed by atoms with Crippen LogP contribution in [0.5, 0.6) is 0 Å². The van der Waals surface area contributed by atoms with Crippen LogP contribution in [0.1, 0.15) is 60.3 Å². The van der Waals surface area contributed by atoms with Crippen molar-refractivity contribution in [2.24, 2.45) is 10.8 Å². The van der Waals surface area contributed by atoms with Crippen LogP contribution in [-0.4, -0.2) is 24.5 Å². The average Bonchev–Trinajstić information content (AvgIpc) is 2.09. The molecule has 0 bridgehead atoms. The zero-order valence-corrected chi connectivity index (χ0v) is 13.8. The van der Waals surface area contributed by atoms with E-state index in [9.17, 15) is 0 Å². The van der Waals surface area contributed by atoms with Crippen LogP contribution in [0.15, 0.2) is 0 Å². The van der Waals surface area contributed by atoms with Gasteiger partial charge in [0.2, 0.25) is 0 Å². The summed E-state index contributed by atoms with van der Waals surface area (Å²) in [5.74, 6) is 1.44. The summed E-state index contributed by atoms with van der Waals surface area (Å²) < 4.78 is 0. The van der Waals surface area contributed by atoms with Gasteiger partial charge in [0.25, 0.3) is 0 Å². The Balaban J connectivity index is 4.57. The second-order valence-corrected chi connectivity index (χ2v) is 12.1. The highest BCUT2D eigenvalue weighted by Crippen LogP contribution is 2.46. The zero-order chi connectivity index (χ0) is 13.0. The second kappa shape index (κ2) is 5.80. The van der Waals surface area contributed by atoms with Crippen LogP contribution in [0.25, 0.3) is 0 Å². The van der Waals surface area contributed by atoms with Crippen molar-refractivity contribution in [2.75, 3.05) is 24.5 Å². The molecule has 0 N–H and O–H groups in total. The van der Waals surface area contributed by atoms with Crippen molar-refractivity contribution in [3.05, 3.63) is 0 Å². The highest BCUT2D eigenvalue weighted by Gasteiger charge is 2.31. The van der Waals surface area contributed by atoms with E-state index in [2.05, 4.69) is 53.4 Å². The lowest BCUT2D eigenvalue weighted by molar-refractivity contribution is 0.150. The molecule has 0 unspecified atom stereocenters. The van der Waals surface area contributed by atoms with E-state index >= 15 is 0 Å². The van der Waals surface area contributed by atoms with E-state index in [1.807, 2.05) is 0 Å². The highest BCUT2D eigenvalue weighted by molar-refractivity contribution is 8.32. The van der Waals surface area contributed by atoms with Crippen LogP contribution >= 0.6 is 10.0 Å². The van der Waals surface area contributed by atoms with Crippen molar-refractivity contribution < 1.29 is 0 Å². The Kier molecular flexibility index (Phi) is 5.92. The van der Waals surface area contributed by atoms with Gasteiger partial charge >= 0.3 is 0 Å². The fraction of sp³-hybridized carbons (Fsp3) is 1.00. The summed E-state index contributed by atoms with van der Waals surface area (Å²) in [7, 11) is -0.333. The average molecular weight is 247 g/mol. The van der Waals surface area contributed by atoms with Crippen LogP contribution in [0.4, 0.5) is 0 Å². The molecular formula is C15H34S. The molecule has 0 aromatic heterocycles. The summed E-state index contributed by atoms with van der Waals surface area (Å²) in [6, 6.07) is 0. The molecular weight excluding hydrogens is 212 g/mol. The maximum Gasteiger partial charge on any atom is -0.0230 e. The Bertz CT molecular complexity index is 188. The van der Waals surface area contributed by atoms with E-state index in [1.54, 1.807) is 0 Å². The molecule has 1 heteroatoms. The molecule has 0 aromatic carbocycles. The van der Waals surface area contributed by atoms with E-state index in [0.717, 1.165) is 0 Å². The Morgan fingerprint density at radius 2 is 1.31 bits per heavy atom. The lowest BCUT2D eigenvalue weighted by Crippen LogP contribution is -2.27. The summed E-state index contributed by atoms with van der Waals surface area (Å²) >= 11 is 0.